The van der Waals surface area contributed by atoms with Gasteiger partial charge in [0.05, 0.1) is 5.71 Å². The largest absolute Gasteiger partial charge is 0.374 e. The number of nitrogens with one attached hydrogen (secondary N) is 2. The van der Waals surface area contributed by atoms with E-state index in [4.69, 9.17) is 0 Å². The Bertz CT molecular complexity index is 945. The normalized spacial score (nSPS) is 12.7. The van der Waals surface area contributed by atoms with Crippen molar-refractivity contribution in [3.63, 3.8) is 0 Å². The number of hydrazone groups is 1. The molecule has 3 aromatic rings. The summed E-state index contributed by atoms with van der Waals surface area (Å²) in [5, 5.41) is 9.75. The van der Waals surface area contributed by atoms with Crippen LogP contribution in [-0.4, -0.2) is 17.7 Å². The molecule has 1 atom stereocenters. The molecule has 0 spiro atoms. The van der Waals surface area contributed by atoms with Crippen molar-refractivity contribution in [2.45, 2.75) is 26.8 Å². The van der Waals surface area contributed by atoms with Crippen LogP contribution in [0.3, 0.4) is 0 Å². The van der Waals surface area contributed by atoms with Crippen LogP contribution >= 0.6 is 0 Å². The lowest BCUT2D eigenvalue weighted by Gasteiger charge is -2.14. The summed E-state index contributed by atoms with van der Waals surface area (Å²) in [5.74, 6) is -0.176. The van der Waals surface area contributed by atoms with Gasteiger partial charge in [-0.15, -0.1) is 0 Å². The average molecular weight is 345 g/mol. The second-order valence-electron chi connectivity index (χ2n) is 6.47. The summed E-state index contributed by atoms with van der Waals surface area (Å²) >= 11 is 0. The quantitative estimate of drug-likeness (QED) is 0.529. The standard InChI is InChI=1S/C22H23N3O/c1-15-8-10-18(11-9-15)16(2)24-25-22(26)17(3)23-21-13-12-19-6-4-5-7-20(19)14-21/h4-14,17,23H,1-3H3,(H,25,26)/b24-16-/t17-/m0/s1. The van der Waals surface area contributed by atoms with E-state index in [1.165, 1.54) is 10.9 Å². The molecule has 2 N–H and O–H groups in total. The molecule has 0 saturated heterocycles. The third-order valence-electron chi connectivity index (χ3n) is 4.33. The van der Waals surface area contributed by atoms with Crippen molar-refractivity contribution in [1.29, 1.82) is 0 Å². The van der Waals surface area contributed by atoms with E-state index >= 15 is 0 Å². The van der Waals surface area contributed by atoms with Crippen molar-refractivity contribution in [1.82, 2.24) is 5.43 Å². The number of benzene rings is 3. The minimum absolute atomic E-state index is 0.176. The molecule has 3 aromatic carbocycles. The van der Waals surface area contributed by atoms with Crippen LogP contribution in [0.1, 0.15) is 25.0 Å². The van der Waals surface area contributed by atoms with Gasteiger partial charge in [-0.3, -0.25) is 4.79 Å². The molecule has 3 rings (SSSR count). The molecule has 0 fully saturated rings. The molecule has 0 aliphatic carbocycles. The van der Waals surface area contributed by atoms with Crippen LogP contribution in [0.4, 0.5) is 5.69 Å². The van der Waals surface area contributed by atoms with Gasteiger partial charge >= 0.3 is 0 Å². The summed E-state index contributed by atoms with van der Waals surface area (Å²) in [7, 11) is 0. The number of hydrogen-bond donors (Lipinski definition) is 2. The summed E-state index contributed by atoms with van der Waals surface area (Å²) in [6.07, 6.45) is 0. The fraction of sp³-hybridized carbons (Fsp3) is 0.182. The molecular formula is C22H23N3O. The number of rotatable bonds is 5. The van der Waals surface area contributed by atoms with E-state index in [1.807, 2.05) is 75.4 Å². The Morgan fingerprint density at radius 3 is 2.38 bits per heavy atom. The summed E-state index contributed by atoms with van der Waals surface area (Å²) in [6.45, 7) is 5.74. The maximum atomic E-state index is 12.3. The molecule has 132 valence electrons. The van der Waals surface area contributed by atoms with E-state index in [2.05, 4.69) is 28.0 Å². The zero-order valence-corrected chi connectivity index (χ0v) is 15.3. The SMILES string of the molecule is C/C(=N/NC(=O)[C@H](C)Nc1ccc2ccccc2c1)c1ccc(C)cc1. The van der Waals surface area contributed by atoms with Crippen molar-refractivity contribution in [2.24, 2.45) is 5.10 Å². The van der Waals surface area contributed by atoms with Crippen LogP contribution < -0.4 is 10.7 Å². The number of nitrogens with zero attached hydrogens (tertiary/aromatic N) is 1. The van der Waals surface area contributed by atoms with Gasteiger partial charge in [0.15, 0.2) is 0 Å². The van der Waals surface area contributed by atoms with Crippen molar-refractivity contribution in [3.8, 4) is 0 Å². The van der Waals surface area contributed by atoms with E-state index in [-0.39, 0.29) is 5.91 Å². The first-order valence-corrected chi connectivity index (χ1v) is 8.69. The van der Waals surface area contributed by atoms with Crippen LogP contribution in [0.5, 0.6) is 0 Å². The topological polar surface area (TPSA) is 53.5 Å². The Labute approximate surface area is 153 Å². The molecule has 0 bridgehead atoms. The number of hydrogen-bond acceptors (Lipinski definition) is 3. The summed E-state index contributed by atoms with van der Waals surface area (Å²) in [4.78, 5) is 12.3. The highest BCUT2D eigenvalue weighted by atomic mass is 16.2. The van der Waals surface area contributed by atoms with Crippen LogP contribution in [0.25, 0.3) is 10.8 Å². The molecule has 1 amide bonds. The number of fused-ring (bicyclic) bond motifs is 1. The molecule has 0 saturated carbocycles. The first-order chi connectivity index (χ1) is 12.5. The highest BCUT2D eigenvalue weighted by molar-refractivity contribution is 5.99. The zero-order chi connectivity index (χ0) is 18.5. The molecule has 0 aliphatic heterocycles. The number of amides is 1. The minimum Gasteiger partial charge on any atom is -0.374 e. The Balaban J connectivity index is 1.63. The molecule has 0 heterocycles. The third-order valence-corrected chi connectivity index (χ3v) is 4.33. The van der Waals surface area contributed by atoms with Gasteiger partial charge in [-0.2, -0.15) is 5.10 Å². The van der Waals surface area contributed by atoms with Crippen molar-refractivity contribution in [2.75, 3.05) is 5.32 Å². The first kappa shape index (κ1) is 17.7. The lowest BCUT2D eigenvalue weighted by molar-refractivity contribution is -0.121. The van der Waals surface area contributed by atoms with E-state index in [1.54, 1.807) is 0 Å². The molecule has 0 radical (unpaired) electrons. The monoisotopic (exact) mass is 345 g/mol. The third kappa shape index (κ3) is 4.28. The van der Waals surface area contributed by atoms with E-state index in [9.17, 15) is 4.79 Å². The predicted octanol–water partition coefficient (Wildman–Crippen LogP) is 4.49. The first-order valence-electron chi connectivity index (χ1n) is 8.69. The number of aryl methyl sites for hydroxylation is 1. The van der Waals surface area contributed by atoms with Gasteiger partial charge in [0, 0.05) is 5.69 Å². The van der Waals surface area contributed by atoms with Gasteiger partial charge in [-0.25, -0.2) is 5.43 Å². The second kappa shape index (κ2) is 7.83. The van der Waals surface area contributed by atoms with E-state index < -0.39 is 6.04 Å². The Morgan fingerprint density at radius 1 is 0.962 bits per heavy atom. The van der Waals surface area contributed by atoms with Gasteiger partial charge in [0.1, 0.15) is 6.04 Å². The van der Waals surface area contributed by atoms with Gasteiger partial charge < -0.3 is 5.32 Å². The van der Waals surface area contributed by atoms with Crippen molar-refractivity contribution >= 4 is 28.1 Å². The Kier molecular flexibility index (Phi) is 5.32. The van der Waals surface area contributed by atoms with Gasteiger partial charge in [0.25, 0.3) is 5.91 Å². The fourth-order valence-corrected chi connectivity index (χ4v) is 2.69. The van der Waals surface area contributed by atoms with Gasteiger partial charge in [-0.1, -0.05) is 60.2 Å². The Hall–Kier alpha value is -3.14. The van der Waals surface area contributed by atoms with E-state index in [0.29, 0.717) is 0 Å². The second-order valence-corrected chi connectivity index (χ2v) is 6.47. The molecular weight excluding hydrogens is 322 g/mol. The fourth-order valence-electron chi connectivity index (χ4n) is 2.69. The van der Waals surface area contributed by atoms with Crippen molar-refractivity contribution < 1.29 is 4.79 Å². The summed E-state index contributed by atoms with van der Waals surface area (Å²) in [6, 6.07) is 21.9. The number of anilines is 1. The molecule has 4 nitrogen and oxygen atoms in total. The predicted molar refractivity (Wildman–Crippen MR) is 109 cm³/mol. The van der Waals surface area contributed by atoms with Crippen LogP contribution in [-0.2, 0) is 4.79 Å². The average Bonchev–Trinajstić information content (AvgIpc) is 2.66. The molecule has 0 aliphatic rings. The highest BCUT2D eigenvalue weighted by Crippen LogP contribution is 2.19. The Morgan fingerprint density at radius 2 is 1.65 bits per heavy atom. The minimum atomic E-state index is -0.397. The summed E-state index contributed by atoms with van der Waals surface area (Å²) in [5.41, 5.74) is 6.51. The summed E-state index contributed by atoms with van der Waals surface area (Å²) < 4.78 is 0. The van der Waals surface area contributed by atoms with Crippen molar-refractivity contribution in [3.05, 3.63) is 77.9 Å². The zero-order valence-electron chi connectivity index (χ0n) is 15.3. The van der Waals surface area contributed by atoms with E-state index in [0.717, 1.165) is 22.3 Å². The molecule has 4 heteroatoms. The van der Waals surface area contributed by atoms with Crippen LogP contribution in [0.15, 0.2) is 71.8 Å². The highest BCUT2D eigenvalue weighted by Gasteiger charge is 2.12. The number of carbonyl (C=O) groups is 1. The maximum absolute atomic E-state index is 12.3. The number of carbonyl (C=O) groups excluding carboxylic acids is 1. The lowest BCUT2D eigenvalue weighted by atomic mass is 10.1. The van der Waals surface area contributed by atoms with Gasteiger partial charge in [0.2, 0.25) is 0 Å². The maximum Gasteiger partial charge on any atom is 0.262 e. The van der Waals surface area contributed by atoms with Crippen LogP contribution in [0.2, 0.25) is 0 Å². The molecule has 0 unspecified atom stereocenters. The molecule has 0 aromatic heterocycles. The lowest BCUT2D eigenvalue weighted by Crippen LogP contribution is -2.35. The van der Waals surface area contributed by atoms with Gasteiger partial charge in [-0.05, 0) is 49.2 Å². The smallest absolute Gasteiger partial charge is 0.262 e. The van der Waals surface area contributed by atoms with Crippen LogP contribution in [0, 0.1) is 6.92 Å². The molecule has 26 heavy (non-hydrogen) atoms.